The number of aromatic nitrogens is 2. The highest BCUT2D eigenvalue weighted by Gasteiger charge is 2.37. The summed E-state index contributed by atoms with van der Waals surface area (Å²) in [5.41, 5.74) is 4.54. The number of piperazine rings is 1. The Morgan fingerprint density at radius 2 is 1.86 bits per heavy atom. The molecule has 2 atom stereocenters. The molecule has 0 aliphatic carbocycles. The molecule has 43 heavy (non-hydrogen) atoms. The normalized spacial score (nSPS) is 20.9. The highest BCUT2D eigenvalue weighted by atomic mass is 16.5. The maximum absolute atomic E-state index is 11.9. The molecule has 0 spiro atoms. The van der Waals surface area contributed by atoms with Crippen LogP contribution in [0.2, 0.25) is 0 Å². The first-order valence-corrected chi connectivity index (χ1v) is 15.3. The maximum Gasteiger partial charge on any atom is 0.407 e. The van der Waals surface area contributed by atoms with Crippen LogP contribution in [0.5, 0.6) is 6.01 Å². The van der Waals surface area contributed by atoms with Gasteiger partial charge in [-0.1, -0.05) is 30.3 Å². The molecule has 0 saturated carbocycles. The van der Waals surface area contributed by atoms with E-state index in [1.54, 1.807) is 0 Å². The Morgan fingerprint density at radius 1 is 1.07 bits per heavy atom. The predicted molar refractivity (Wildman–Crippen MR) is 167 cm³/mol. The van der Waals surface area contributed by atoms with Crippen molar-refractivity contribution in [2.45, 2.75) is 71.1 Å². The molecule has 1 amide bonds. The Kier molecular flexibility index (Phi) is 7.77. The number of nitriles is 1. The number of anilines is 2. The lowest BCUT2D eigenvalue weighted by molar-refractivity contribution is -0.0224. The first kappa shape index (κ1) is 29.0. The number of likely N-dealkylation sites (tertiary alicyclic amines) is 1. The summed E-state index contributed by atoms with van der Waals surface area (Å²) in [5.74, 6) is 0.808. The van der Waals surface area contributed by atoms with Crippen molar-refractivity contribution >= 4 is 28.4 Å². The fourth-order valence-electron chi connectivity index (χ4n) is 6.94. The van der Waals surface area contributed by atoms with E-state index in [-0.39, 0.29) is 12.0 Å². The zero-order valence-corrected chi connectivity index (χ0v) is 25.6. The van der Waals surface area contributed by atoms with Crippen molar-refractivity contribution in [2.75, 3.05) is 49.1 Å². The number of hydrogen-bond acceptors (Lipinski definition) is 8. The van der Waals surface area contributed by atoms with Crippen LogP contribution >= 0.6 is 0 Å². The fraction of sp³-hybridized carbons (Fsp3) is 0.515. The lowest BCUT2D eigenvalue weighted by Crippen LogP contribution is -2.59. The van der Waals surface area contributed by atoms with Gasteiger partial charge in [0.05, 0.1) is 30.8 Å². The Hall–Kier alpha value is -4.10. The van der Waals surface area contributed by atoms with Gasteiger partial charge in [-0.2, -0.15) is 15.2 Å². The number of benzene rings is 2. The molecule has 3 aliphatic heterocycles. The molecule has 1 N–H and O–H groups in total. The number of hydrogen-bond donors (Lipinski definition) is 1. The maximum atomic E-state index is 11.9. The van der Waals surface area contributed by atoms with Crippen molar-refractivity contribution in [3.8, 4) is 12.1 Å². The number of ether oxygens (including phenoxy) is 1. The number of nitrogens with zero attached hydrogens (tertiary/aromatic N) is 7. The van der Waals surface area contributed by atoms with Crippen LogP contribution < -0.4 is 14.5 Å². The van der Waals surface area contributed by atoms with Gasteiger partial charge in [0.2, 0.25) is 0 Å². The van der Waals surface area contributed by atoms with E-state index in [0.717, 1.165) is 43.0 Å². The Balaban J connectivity index is 1.33. The molecule has 10 heteroatoms. The van der Waals surface area contributed by atoms with E-state index in [2.05, 4.69) is 84.9 Å². The summed E-state index contributed by atoms with van der Waals surface area (Å²) in [6, 6.07) is 15.3. The van der Waals surface area contributed by atoms with Crippen LogP contribution in [0.1, 0.15) is 50.4 Å². The third-order valence-electron chi connectivity index (χ3n) is 9.22. The number of carbonyl (C=O) groups is 1. The second kappa shape index (κ2) is 11.5. The van der Waals surface area contributed by atoms with Crippen molar-refractivity contribution in [3.63, 3.8) is 0 Å². The molecular weight excluding hydrogens is 542 g/mol. The average molecular weight is 584 g/mol. The van der Waals surface area contributed by atoms with E-state index < -0.39 is 12.1 Å². The monoisotopic (exact) mass is 583 g/mol. The molecule has 6 rings (SSSR count). The minimum Gasteiger partial charge on any atom is -0.465 e. The summed E-state index contributed by atoms with van der Waals surface area (Å²) in [5, 5.41) is 21.6. The number of aryl methyl sites for hydroxylation is 1. The molecule has 3 aromatic rings. The van der Waals surface area contributed by atoms with Crippen molar-refractivity contribution < 1.29 is 14.6 Å². The molecule has 2 aromatic carbocycles. The second-order valence-corrected chi connectivity index (χ2v) is 12.9. The highest BCUT2D eigenvalue weighted by molar-refractivity contribution is 5.97. The number of amides is 1. The molecule has 1 aromatic heterocycles. The molecule has 3 aliphatic rings. The topological polar surface area (TPSA) is 109 Å². The molecule has 0 radical (unpaired) electrons. The van der Waals surface area contributed by atoms with E-state index in [4.69, 9.17) is 14.7 Å². The van der Waals surface area contributed by atoms with Crippen LogP contribution in [0.25, 0.3) is 10.8 Å². The minimum absolute atomic E-state index is 0.0742. The van der Waals surface area contributed by atoms with E-state index in [0.29, 0.717) is 44.8 Å². The van der Waals surface area contributed by atoms with Gasteiger partial charge in [-0.25, -0.2) is 4.79 Å². The first-order valence-electron chi connectivity index (χ1n) is 15.3. The van der Waals surface area contributed by atoms with Crippen LogP contribution in [-0.4, -0.2) is 87.9 Å². The van der Waals surface area contributed by atoms with Crippen LogP contribution in [0.3, 0.4) is 0 Å². The Labute approximate surface area is 253 Å². The van der Waals surface area contributed by atoms with Crippen LogP contribution in [0.15, 0.2) is 36.4 Å². The summed E-state index contributed by atoms with van der Waals surface area (Å²) in [7, 11) is 0. The predicted octanol–water partition coefficient (Wildman–Crippen LogP) is 4.83. The fourth-order valence-corrected chi connectivity index (χ4v) is 6.94. The summed E-state index contributed by atoms with van der Waals surface area (Å²) in [6.07, 6.45) is 0.989. The van der Waals surface area contributed by atoms with Gasteiger partial charge in [0.15, 0.2) is 0 Å². The average Bonchev–Trinajstić information content (AvgIpc) is 2.95. The van der Waals surface area contributed by atoms with Gasteiger partial charge < -0.3 is 24.5 Å². The molecule has 0 bridgehead atoms. The van der Waals surface area contributed by atoms with E-state index >= 15 is 0 Å². The van der Waals surface area contributed by atoms with Gasteiger partial charge in [0.25, 0.3) is 0 Å². The van der Waals surface area contributed by atoms with Crippen molar-refractivity contribution in [3.05, 3.63) is 53.2 Å². The smallest absolute Gasteiger partial charge is 0.407 e. The van der Waals surface area contributed by atoms with E-state index in [1.807, 2.05) is 0 Å². The van der Waals surface area contributed by atoms with Gasteiger partial charge in [0, 0.05) is 60.9 Å². The Bertz CT molecular complexity index is 1560. The molecule has 10 nitrogen and oxygen atoms in total. The molecule has 4 heterocycles. The minimum atomic E-state index is -0.987. The lowest BCUT2D eigenvalue weighted by atomic mass is 9.94. The SMILES string of the molecule is Cc1cccc2cccc(N3CCc4c(nc(OCC5CCN5C(C)(C)C)nc4N4CCN(C(=O)O)[C@@H](CC#N)C4)C3)c12. The van der Waals surface area contributed by atoms with Crippen molar-refractivity contribution in [1.29, 1.82) is 5.26 Å². The zero-order valence-electron chi connectivity index (χ0n) is 25.6. The summed E-state index contributed by atoms with van der Waals surface area (Å²) < 4.78 is 6.33. The number of rotatable bonds is 6. The summed E-state index contributed by atoms with van der Waals surface area (Å²) >= 11 is 0. The van der Waals surface area contributed by atoms with Gasteiger partial charge in [-0.05, 0) is 57.6 Å². The Morgan fingerprint density at radius 3 is 2.56 bits per heavy atom. The molecule has 2 fully saturated rings. The highest BCUT2D eigenvalue weighted by Crippen LogP contribution is 2.36. The van der Waals surface area contributed by atoms with E-state index in [9.17, 15) is 15.2 Å². The summed E-state index contributed by atoms with van der Waals surface area (Å²) in [4.78, 5) is 30.2. The quantitative estimate of drug-likeness (QED) is 0.436. The van der Waals surface area contributed by atoms with Crippen molar-refractivity contribution in [1.82, 2.24) is 19.8 Å². The lowest BCUT2D eigenvalue weighted by Gasteiger charge is -2.49. The van der Waals surface area contributed by atoms with Gasteiger partial charge in [-0.15, -0.1) is 0 Å². The largest absolute Gasteiger partial charge is 0.465 e. The number of carboxylic acid groups (broad SMARTS) is 1. The third-order valence-corrected chi connectivity index (χ3v) is 9.22. The summed E-state index contributed by atoms with van der Waals surface area (Å²) in [6.45, 7) is 13.1. The zero-order chi connectivity index (χ0) is 30.3. The molecule has 226 valence electrons. The number of fused-ring (bicyclic) bond motifs is 2. The van der Waals surface area contributed by atoms with Gasteiger partial charge >= 0.3 is 12.1 Å². The van der Waals surface area contributed by atoms with Gasteiger partial charge in [-0.3, -0.25) is 4.90 Å². The molecule has 2 saturated heterocycles. The van der Waals surface area contributed by atoms with Crippen LogP contribution in [0, 0.1) is 18.3 Å². The second-order valence-electron chi connectivity index (χ2n) is 12.9. The van der Waals surface area contributed by atoms with Gasteiger partial charge in [0.1, 0.15) is 12.4 Å². The van der Waals surface area contributed by atoms with E-state index in [1.165, 1.54) is 26.9 Å². The van der Waals surface area contributed by atoms with Crippen LogP contribution in [-0.2, 0) is 13.0 Å². The first-order chi connectivity index (χ1) is 20.6. The van der Waals surface area contributed by atoms with Crippen LogP contribution in [0.4, 0.5) is 16.3 Å². The van der Waals surface area contributed by atoms with Crippen molar-refractivity contribution in [2.24, 2.45) is 0 Å². The molecular formula is C33H41N7O3. The molecule has 1 unspecified atom stereocenters. The third kappa shape index (κ3) is 5.66. The standard InChI is InChI=1S/C33H41N7O3/c1-22-7-5-8-23-9-6-10-28(29(22)23)37-15-13-26-27(20-37)35-31(43-21-25-12-16-40(25)33(2,3)4)36-30(26)38-17-18-39(32(41)42)24(19-38)11-14-34/h5-10,24-25H,11-13,15-21H2,1-4H3,(H,41,42)/t24-,25?/m0/s1.